The first-order valence-electron chi connectivity index (χ1n) is 8.29. The zero-order valence-electron chi connectivity index (χ0n) is 13.5. The number of hydrogen-bond acceptors (Lipinski definition) is 2. The summed E-state index contributed by atoms with van der Waals surface area (Å²) in [5, 5.41) is 0. The molecule has 1 aromatic heterocycles. The molecule has 0 radical (unpaired) electrons. The third kappa shape index (κ3) is 2.38. The van der Waals surface area contributed by atoms with Gasteiger partial charge in [-0.2, -0.15) is 0 Å². The zero-order chi connectivity index (χ0) is 15.0. The van der Waals surface area contributed by atoms with E-state index in [1.165, 1.54) is 29.7 Å². The molecular weight excluding hydrogens is 258 g/mol. The summed E-state index contributed by atoms with van der Waals surface area (Å²) in [6.45, 7) is 7.70. The van der Waals surface area contributed by atoms with Gasteiger partial charge in [-0.1, -0.05) is 32.8 Å². The van der Waals surface area contributed by atoms with Gasteiger partial charge in [0.25, 0.3) is 0 Å². The lowest BCUT2D eigenvalue weighted by molar-refractivity contribution is 0.252. The average Bonchev–Trinajstić information content (AvgIpc) is 2.81. The molecule has 3 heteroatoms. The van der Waals surface area contributed by atoms with E-state index in [4.69, 9.17) is 10.7 Å². The smallest absolute Gasteiger partial charge is 0.117 e. The molecule has 2 aromatic rings. The van der Waals surface area contributed by atoms with Crippen LogP contribution in [0.5, 0.6) is 0 Å². The number of aromatic nitrogens is 2. The molecule has 3 nitrogen and oxygen atoms in total. The highest BCUT2D eigenvalue weighted by molar-refractivity contribution is 5.77. The number of benzene rings is 1. The van der Waals surface area contributed by atoms with Crippen LogP contribution in [0, 0.1) is 6.92 Å². The molecule has 0 saturated heterocycles. The van der Waals surface area contributed by atoms with Crippen molar-refractivity contribution in [2.24, 2.45) is 5.73 Å². The lowest BCUT2D eigenvalue weighted by Crippen LogP contribution is -2.47. The molecule has 1 saturated carbocycles. The van der Waals surface area contributed by atoms with Gasteiger partial charge in [0.05, 0.1) is 11.0 Å². The first kappa shape index (κ1) is 14.6. The molecule has 2 atom stereocenters. The van der Waals surface area contributed by atoms with E-state index in [9.17, 15) is 0 Å². The standard InChI is InChI=1S/C18H27N3/c1-4-11-21-15-9-8-13(2)12-14(15)20-17(21)18(3)10-6-5-7-16(18)19/h8-9,12,16H,4-7,10-11,19H2,1-3H3. The lowest BCUT2D eigenvalue weighted by atomic mass is 9.71. The number of aryl methyl sites for hydroxylation is 2. The van der Waals surface area contributed by atoms with Crippen LogP contribution in [0.3, 0.4) is 0 Å². The molecule has 2 unspecified atom stereocenters. The third-order valence-electron chi connectivity index (χ3n) is 5.14. The Kier molecular flexibility index (Phi) is 3.78. The highest BCUT2D eigenvalue weighted by Crippen LogP contribution is 2.39. The summed E-state index contributed by atoms with van der Waals surface area (Å²) in [4.78, 5) is 5.02. The molecule has 114 valence electrons. The van der Waals surface area contributed by atoms with E-state index in [2.05, 4.69) is 43.5 Å². The van der Waals surface area contributed by atoms with Crippen molar-refractivity contribution in [3.8, 4) is 0 Å². The SMILES string of the molecule is CCCn1c(C2(C)CCCCC2N)nc2cc(C)ccc21. The monoisotopic (exact) mass is 285 g/mol. The summed E-state index contributed by atoms with van der Waals surface area (Å²) < 4.78 is 2.42. The van der Waals surface area contributed by atoms with E-state index in [-0.39, 0.29) is 11.5 Å². The van der Waals surface area contributed by atoms with Crippen LogP contribution in [0.25, 0.3) is 11.0 Å². The molecule has 1 aliphatic rings. The van der Waals surface area contributed by atoms with Gasteiger partial charge in [0, 0.05) is 18.0 Å². The summed E-state index contributed by atoms with van der Waals surface area (Å²) in [5.41, 5.74) is 10.2. The van der Waals surface area contributed by atoms with Crippen molar-refractivity contribution < 1.29 is 0 Å². The van der Waals surface area contributed by atoms with Crippen molar-refractivity contribution in [2.75, 3.05) is 0 Å². The Bertz CT molecular complexity index is 643. The number of fused-ring (bicyclic) bond motifs is 1. The van der Waals surface area contributed by atoms with E-state index in [0.717, 1.165) is 31.3 Å². The Balaban J connectivity index is 2.18. The van der Waals surface area contributed by atoms with Crippen LogP contribution in [0.15, 0.2) is 18.2 Å². The predicted molar refractivity (Wildman–Crippen MR) is 88.6 cm³/mol. The Morgan fingerprint density at radius 1 is 1.38 bits per heavy atom. The van der Waals surface area contributed by atoms with Crippen molar-refractivity contribution in [1.82, 2.24) is 9.55 Å². The minimum absolute atomic E-state index is 0.0142. The van der Waals surface area contributed by atoms with Crippen LogP contribution in [0.1, 0.15) is 57.3 Å². The van der Waals surface area contributed by atoms with E-state index < -0.39 is 0 Å². The normalized spacial score (nSPS) is 26.4. The number of nitrogens with zero attached hydrogens (tertiary/aromatic N) is 2. The first-order chi connectivity index (χ1) is 10.1. The highest BCUT2D eigenvalue weighted by atomic mass is 15.1. The van der Waals surface area contributed by atoms with Gasteiger partial charge >= 0.3 is 0 Å². The Morgan fingerprint density at radius 2 is 2.19 bits per heavy atom. The molecule has 21 heavy (non-hydrogen) atoms. The molecule has 1 fully saturated rings. The molecule has 1 aromatic carbocycles. The summed E-state index contributed by atoms with van der Waals surface area (Å²) >= 11 is 0. The first-order valence-corrected chi connectivity index (χ1v) is 8.29. The summed E-state index contributed by atoms with van der Waals surface area (Å²) in [6.07, 6.45) is 5.91. The maximum absolute atomic E-state index is 6.51. The van der Waals surface area contributed by atoms with Gasteiger partial charge in [-0.15, -0.1) is 0 Å². The van der Waals surface area contributed by atoms with Gasteiger partial charge in [-0.05, 0) is 43.9 Å². The molecule has 3 rings (SSSR count). The maximum atomic E-state index is 6.51. The van der Waals surface area contributed by atoms with Crippen molar-refractivity contribution in [3.05, 3.63) is 29.6 Å². The minimum atomic E-state index is 0.0142. The van der Waals surface area contributed by atoms with Crippen LogP contribution in [0.4, 0.5) is 0 Å². The maximum Gasteiger partial charge on any atom is 0.117 e. The molecule has 0 amide bonds. The van der Waals surface area contributed by atoms with Crippen molar-refractivity contribution in [2.45, 2.75) is 70.9 Å². The van der Waals surface area contributed by atoms with Gasteiger partial charge in [0.2, 0.25) is 0 Å². The van der Waals surface area contributed by atoms with Gasteiger partial charge in [-0.25, -0.2) is 4.98 Å². The quantitative estimate of drug-likeness (QED) is 0.929. The number of imidazole rings is 1. The van der Waals surface area contributed by atoms with Crippen molar-refractivity contribution in [1.29, 1.82) is 0 Å². The van der Waals surface area contributed by atoms with Crippen LogP contribution in [-0.2, 0) is 12.0 Å². The molecule has 0 bridgehead atoms. The Labute approximate surface area is 127 Å². The second-order valence-electron chi connectivity index (χ2n) is 6.85. The third-order valence-corrected chi connectivity index (χ3v) is 5.14. The predicted octanol–water partition coefficient (Wildman–Crippen LogP) is 3.91. The lowest BCUT2D eigenvalue weighted by Gasteiger charge is -2.39. The molecule has 1 heterocycles. The number of nitrogens with two attached hydrogens (primary N) is 1. The fraction of sp³-hybridized carbons (Fsp3) is 0.611. The van der Waals surface area contributed by atoms with Gasteiger partial charge < -0.3 is 10.3 Å². The van der Waals surface area contributed by atoms with E-state index >= 15 is 0 Å². The second-order valence-corrected chi connectivity index (χ2v) is 6.85. The van der Waals surface area contributed by atoms with Crippen LogP contribution >= 0.6 is 0 Å². The molecule has 2 N–H and O–H groups in total. The fourth-order valence-corrected chi connectivity index (χ4v) is 3.76. The van der Waals surface area contributed by atoms with Gasteiger partial charge in [0.15, 0.2) is 0 Å². The second kappa shape index (κ2) is 5.45. The molecule has 0 aliphatic heterocycles. The summed E-state index contributed by atoms with van der Waals surface area (Å²) in [7, 11) is 0. The molecule has 1 aliphatic carbocycles. The number of hydrogen-bond donors (Lipinski definition) is 1. The van der Waals surface area contributed by atoms with Gasteiger partial charge in [0.1, 0.15) is 5.82 Å². The highest BCUT2D eigenvalue weighted by Gasteiger charge is 2.39. The van der Waals surface area contributed by atoms with Crippen molar-refractivity contribution in [3.63, 3.8) is 0 Å². The van der Waals surface area contributed by atoms with E-state index in [0.29, 0.717) is 0 Å². The topological polar surface area (TPSA) is 43.8 Å². The fourth-order valence-electron chi connectivity index (χ4n) is 3.76. The van der Waals surface area contributed by atoms with Crippen LogP contribution < -0.4 is 5.73 Å². The summed E-state index contributed by atoms with van der Waals surface area (Å²) in [6, 6.07) is 6.82. The largest absolute Gasteiger partial charge is 0.327 e. The van der Waals surface area contributed by atoms with Crippen LogP contribution in [0.2, 0.25) is 0 Å². The average molecular weight is 285 g/mol. The Morgan fingerprint density at radius 3 is 2.90 bits per heavy atom. The minimum Gasteiger partial charge on any atom is -0.327 e. The molecular formula is C18H27N3. The van der Waals surface area contributed by atoms with Crippen LogP contribution in [-0.4, -0.2) is 15.6 Å². The Hall–Kier alpha value is -1.35. The van der Waals surface area contributed by atoms with Gasteiger partial charge in [-0.3, -0.25) is 0 Å². The number of rotatable bonds is 3. The van der Waals surface area contributed by atoms with E-state index in [1.54, 1.807) is 0 Å². The molecule has 0 spiro atoms. The van der Waals surface area contributed by atoms with Crippen molar-refractivity contribution >= 4 is 11.0 Å². The van der Waals surface area contributed by atoms with E-state index in [1.807, 2.05) is 0 Å². The zero-order valence-corrected chi connectivity index (χ0v) is 13.5. The summed E-state index contributed by atoms with van der Waals surface area (Å²) in [5.74, 6) is 1.21.